The van der Waals surface area contributed by atoms with E-state index in [9.17, 15) is 23.2 Å². The molecule has 0 spiro atoms. The van der Waals surface area contributed by atoms with Crippen molar-refractivity contribution in [3.63, 3.8) is 0 Å². The van der Waals surface area contributed by atoms with Crippen molar-refractivity contribution >= 4 is 46.8 Å². The first-order valence-electron chi connectivity index (χ1n) is 11.1. The standard InChI is InChI=1S/C23H32F2IN5O5/c1-22(2,3)35-19(32)27-18(30-12-28(7)20(33)29(8)13-30)31(21(34)36-23(4,5)6)11-14-9-10-15(24)17(26)16(14)25/h9-10H,11-13H2,1-8H3/b27-18+. The molecule has 0 saturated carbocycles. The fourth-order valence-electron chi connectivity index (χ4n) is 3.16. The Balaban J connectivity index is 2.64. The lowest BCUT2D eigenvalue weighted by atomic mass is 10.2. The molecule has 0 N–H and O–H groups in total. The molecule has 10 nitrogen and oxygen atoms in total. The van der Waals surface area contributed by atoms with E-state index >= 15 is 0 Å². The van der Waals surface area contributed by atoms with Gasteiger partial charge in [0.1, 0.15) is 22.8 Å². The highest BCUT2D eigenvalue weighted by atomic mass is 127. The number of ether oxygens (including phenoxy) is 2. The molecule has 1 heterocycles. The third kappa shape index (κ3) is 7.90. The first kappa shape index (κ1) is 29.5. The average molecular weight is 623 g/mol. The van der Waals surface area contributed by atoms with Crippen LogP contribution in [0.5, 0.6) is 0 Å². The quantitative estimate of drug-likeness (QED) is 0.203. The molecule has 2 rings (SSSR count). The van der Waals surface area contributed by atoms with E-state index in [-0.39, 0.29) is 34.5 Å². The van der Waals surface area contributed by atoms with E-state index in [1.165, 1.54) is 57.5 Å². The largest absolute Gasteiger partial charge is 0.443 e. The summed E-state index contributed by atoms with van der Waals surface area (Å²) in [7, 11) is 3.08. The highest BCUT2D eigenvalue weighted by Crippen LogP contribution is 2.23. The normalized spacial score (nSPS) is 15.2. The predicted octanol–water partition coefficient (Wildman–Crippen LogP) is 4.81. The number of aliphatic imine (C=N–C) groups is 1. The molecular formula is C23H32F2IN5O5. The van der Waals surface area contributed by atoms with Gasteiger partial charge >= 0.3 is 18.2 Å². The maximum Gasteiger partial charge on any atom is 0.437 e. The van der Waals surface area contributed by atoms with Crippen molar-refractivity contribution in [1.29, 1.82) is 0 Å². The van der Waals surface area contributed by atoms with Crippen LogP contribution in [-0.2, 0) is 16.0 Å². The lowest BCUT2D eigenvalue weighted by molar-refractivity contribution is 0.0299. The molecule has 0 bridgehead atoms. The van der Waals surface area contributed by atoms with Crippen molar-refractivity contribution in [1.82, 2.24) is 19.6 Å². The highest BCUT2D eigenvalue weighted by molar-refractivity contribution is 14.1. The summed E-state index contributed by atoms with van der Waals surface area (Å²) in [4.78, 5) is 47.6. The van der Waals surface area contributed by atoms with Crippen molar-refractivity contribution < 1.29 is 32.6 Å². The number of guanidine groups is 1. The van der Waals surface area contributed by atoms with Crippen LogP contribution in [0.2, 0.25) is 0 Å². The van der Waals surface area contributed by atoms with E-state index in [4.69, 9.17) is 9.47 Å². The van der Waals surface area contributed by atoms with Crippen LogP contribution in [0.1, 0.15) is 47.1 Å². The van der Waals surface area contributed by atoms with Crippen LogP contribution in [-0.4, -0.2) is 82.4 Å². The Morgan fingerprint density at radius 2 is 1.56 bits per heavy atom. The summed E-state index contributed by atoms with van der Waals surface area (Å²) in [5, 5.41) is 0. The Morgan fingerprint density at radius 1 is 1.03 bits per heavy atom. The molecule has 0 atom stereocenters. The van der Waals surface area contributed by atoms with Crippen LogP contribution in [0, 0.1) is 15.2 Å². The maximum atomic E-state index is 15.0. The summed E-state index contributed by atoms with van der Waals surface area (Å²) >= 11 is 1.53. The Labute approximate surface area is 223 Å². The zero-order valence-corrected chi connectivity index (χ0v) is 23.8. The van der Waals surface area contributed by atoms with Gasteiger partial charge in [0, 0.05) is 19.7 Å². The van der Waals surface area contributed by atoms with Gasteiger partial charge in [-0.1, -0.05) is 6.07 Å². The number of hydrogen-bond donors (Lipinski definition) is 0. The fraction of sp³-hybridized carbons (Fsp3) is 0.565. The summed E-state index contributed by atoms with van der Waals surface area (Å²) in [5.41, 5.74) is -1.85. The average Bonchev–Trinajstić information content (AvgIpc) is 2.71. The topological polar surface area (TPSA) is 95.0 Å². The molecule has 1 aliphatic rings. The van der Waals surface area contributed by atoms with E-state index in [0.717, 1.165) is 11.0 Å². The number of rotatable bonds is 2. The minimum absolute atomic E-state index is 0.0293. The first-order valence-corrected chi connectivity index (χ1v) is 12.1. The van der Waals surface area contributed by atoms with Gasteiger partial charge in [0.15, 0.2) is 0 Å². The summed E-state index contributed by atoms with van der Waals surface area (Å²) in [6, 6.07) is 2.00. The Bertz CT molecular complexity index is 1040. The number of nitrogens with zero attached hydrogens (tertiary/aromatic N) is 5. The molecule has 200 valence electrons. The number of hydrogen-bond acceptors (Lipinski definition) is 5. The molecule has 0 aromatic heterocycles. The summed E-state index contributed by atoms with van der Waals surface area (Å²) in [6.45, 7) is 9.41. The Hall–Kier alpha value is -2.71. The molecule has 1 aromatic carbocycles. The van der Waals surface area contributed by atoms with E-state index in [1.54, 1.807) is 41.5 Å². The first-order chi connectivity index (χ1) is 16.4. The number of halogens is 3. The van der Waals surface area contributed by atoms with Gasteiger partial charge in [0.05, 0.1) is 23.5 Å². The Kier molecular flexibility index (Phi) is 9.13. The second-order valence-corrected chi connectivity index (χ2v) is 11.4. The molecule has 36 heavy (non-hydrogen) atoms. The molecule has 0 unspecified atom stereocenters. The maximum absolute atomic E-state index is 15.0. The van der Waals surface area contributed by atoms with Crippen LogP contribution in [0.3, 0.4) is 0 Å². The zero-order valence-electron chi connectivity index (χ0n) is 21.7. The summed E-state index contributed by atoms with van der Waals surface area (Å²) in [6.07, 6.45) is -1.92. The number of urea groups is 1. The Morgan fingerprint density at radius 3 is 2.06 bits per heavy atom. The van der Waals surface area contributed by atoms with Gasteiger partial charge in [0.25, 0.3) is 0 Å². The van der Waals surface area contributed by atoms with Gasteiger partial charge in [0.2, 0.25) is 5.96 Å². The number of amides is 4. The van der Waals surface area contributed by atoms with Gasteiger partial charge < -0.3 is 24.2 Å². The van der Waals surface area contributed by atoms with Gasteiger partial charge in [-0.25, -0.2) is 28.1 Å². The van der Waals surface area contributed by atoms with Crippen LogP contribution >= 0.6 is 22.6 Å². The molecule has 0 radical (unpaired) electrons. The van der Waals surface area contributed by atoms with E-state index in [2.05, 4.69) is 4.99 Å². The third-order valence-corrected chi connectivity index (χ3v) is 5.57. The van der Waals surface area contributed by atoms with Gasteiger partial charge in [-0.05, 0) is 70.2 Å². The summed E-state index contributed by atoms with van der Waals surface area (Å²) < 4.78 is 39.5. The lowest BCUT2D eigenvalue weighted by Gasteiger charge is -2.42. The fourth-order valence-corrected chi connectivity index (χ4v) is 3.68. The van der Waals surface area contributed by atoms with Crippen molar-refractivity contribution in [3.05, 3.63) is 32.9 Å². The molecule has 4 amide bonds. The molecule has 1 fully saturated rings. The van der Waals surface area contributed by atoms with Gasteiger partial charge in [-0.15, -0.1) is 4.99 Å². The predicted molar refractivity (Wildman–Crippen MR) is 137 cm³/mol. The summed E-state index contributed by atoms with van der Waals surface area (Å²) in [5.74, 6) is -1.83. The molecule has 1 aromatic rings. The molecule has 0 aliphatic carbocycles. The SMILES string of the molecule is CN1CN(/C(=N\C(=O)OC(C)(C)C)N(Cc2ccc(F)c(I)c2F)C(=O)OC(C)(C)C)CN(C)C1=O. The van der Waals surface area contributed by atoms with Crippen LogP contribution in [0.25, 0.3) is 0 Å². The van der Waals surface area contributed by atoms with Crippen molar-refractivity contribution in [2.24, 2.45) is 4.99 Å². The second kappa shape index (κ2) is 11.1. The van der Waals surface area contributed by atoms with Crippen molar-refractivity contribution in [2.45, 2.75) is 59.3 Å². The minimum Gasteiger partial charge on any atom is -0.443 e. The van der Waals surface area contributed by atoms with Crippen LogP contribution < -0.4 is 0 Å². The van der Waals surface area contributed by atoms with Gasteiger partial charge in [-0.2, -0.15) is 0 Å². The van der Waals surface area contributed by atoms with Crippen LogP contribution in [0.4, 0.5) is 23.2 Å². The second-order valence-electron chi connectivity index (χ2n) is 10.3. The molecule has 1 saturated heterocycles. The minimum atomic E-state index is -0.998. The lowest BCUT2D eigenvalue weighted by Crippen LogP contribution is -2.60. The molecule has 13 heteroatoms. The van der Waals surface area contributed by atoms with Crippen LogP contribution in [0.15, 0.2) is 17.1 Å². The van der Waals surface area contributed by atoms with E-state index < -0.39 is 41.6 Å². The van der Waals surface area contributed by atoms with Gasteiger partial charge in [-0.3, -0.25) is 0 Å². The van der Waals surface area contributed by atoms with E-state index in [0.29, 0.717) is 0 Å². The zero-order chi connectivity index (χ0) is 27.6. The molecule has 1 aliphatic heterocycles. The monoisotopic (exact) mass is 623 g/mol. The smallest absolute Gasteiger partial charge is 0.437 e. The number of carbonyl (C=O) groups is 3. The van der Waals surface area contributed by atoms with E-state index in [1.807, 2.05) is 0 Å². The van der Waals surface area contributed by atoms with Crippen molar-refractivity contribution in [2.75, 3.05) is 27.4 Å². The third-order valence-electron chi connectivity index (χ3n) is 4.59. The highest BCUT2D eigenvalue weighted by Gasteiger charge is 2.36. The number of carbonyl (C=O) groups excluding carboxylic acids is 3. The number of benzene rings is 1. The molecular weight excluding hydrogens is 591 g/mol. The van der Waals surface area contributed by atoms with Crippen molar-refractivity contribution in [3.8, 4) is 0 Å².